The van der Waals surface area contributed by atoms with E-state index >= 15 is 0 Å². The third-order valence-electron chi connectivity index (χ3n) is 3.88. The minimum absolute atomic E-state index is 0.0646. The third-order valence-corrected chi connectivity index (χ3v) is 3.88. The summed E-state index contributed by atoms with van der Waals surface area (Å²) in [4.78, 5) is 39.9. The third kappa shape index (κ3) is 4.43. The van der Waals surface area contributed by atoms with Crippen LogP contribution in [0.2, 0.25) is 0 Å². The second-order valence-electron chi connectivity index (χ2n) is 5.80. The molecule has 0 spiro atoms. The summed E-state index contributed by atoms with van der Waals surface area (Å²) < 4.78 is 27.8. The van der Waals surface area contributed by atoms with Crippen LogP contribution in [0.5, 0.6) is 0 Å². The van der Waals surface area contributed by atoms with Gasteiger partial charge in [-0.1, -0.05) is 18.2 Å². The fourth-order valence-electron chi connectivity index (χ4n) is 2.43. The van der Waals surface area contributed by atoms with Crippen LogP contribution in [0, 0.1) is 21.7 Å². The van der Waals surface area contributed by atoms with Gasteiger partial charge in [0.25, 0.3) is 11.5 Å². The van der Waals surface area contributed by atoms with E-state index < -0.39 is 33.7 Å². The molecule has 3 aromatic rings. The molecule has 0 unspecified atom stereocenters. The van der Waals surface area contributed by atoms with Crippen molar-refractivity contribution >= 4 is 17.3 Å². The molecular formula is C19H13F2N3O5. The summed E-state index contributed by atoms with van der Waals surface area (Å²) in [5.74, 6) is -2.44. The normalized spacial score (nSPS) is 10.4. The maximum absolute atomic E-state index is 13.7. The van der Waals surface area contributed by atoms with Crippen LogP contribution >= 0.6 is 0 Å². The molecule has 0 atom stereocenters. The molecule has 0 aliphatic heterocycles. The molecule has 0 radical (unpaired) electrons. The van der Waals surface area contributed by atoms with Crippen molar-refractivity contribution in [1.29, 1.82) is 0 Å². The maximum Gasteiger partial charge on any atom is 0.306 e. The number of hydrogen-bond donors (Lipinski definition) is 1. The lowest BCUT2D eigenvalue weighted by atomic mass is 10.2. The first-order valence-electron chi connectivity index (χ1n) is 8.20. The van der Waals surface area contributed by atoms with E-state index in [2.05, 4.69) is 5.32 Å². The van der Waals surface area contributed by atoms with Gasteiger partial charge in [0, 0.05) is 23.5 Å². The van der Waals surface area contributed by atoms with Crippen LogP contribution in [0.3, 0.4) is 0 Å². The summed E-state index contributed by atoms with van der Waals surface area (Å²) in [6.45, 7) is -0.248. The van der Waals surface area contributed by atoms with Crippen LogP contribution in [-0.4, -0.2) is 15.6 Å². The summed E-state index contributed by atoms with van der Waals surface area (Å²) in [6.07, 6.45) is 1.25. The molecule has 0 saturated carbocycles. The molecule has 1 aromatic heterocycles. The molecule has 148 valence electrons. The Labute approximate surface area is 162 Å². The zero-order valence-electron chi connectivity index (χ0n) is 14.7. The van der Waals surface area contributed by atoms with Gasteiger partial charge in [0.15, 0.2) is 0 Å². The molecule has 0 fully saturated rings. The monoisotopic (exact) mass is 401 g/mol. The van der Waals surface area contributed by atoms with Crippen LogP contribution in [0.4, 0.5) is 20.2 Å². The van der Waals surface area contributed by atoms with E-state index in [1.54, 1.807) is 6.07 Å². The van der Waals surface area contributed by atoms with E-state index in [1.165, 1.54) is 36.5 Å². The average Bonchev–Trinajstić information content (AvgIpc) is 2.69. The highest BCUT2D eigenvalue weighted by molar-refractivity contribution is 6.04. The highest BCUT2D eigenvalue weighted by atomic mass is 19.1. The molecule has 0 saturated heterocycles. The topological polar surface area (TPSA) is 103 Å². The second kappa shape index (κ2) is 8.30. The quantitative estimate of drug-likeness (QED) is 0.505. The lowest BCUT2D eigenvalue weighted by Crippen LogP contribution is -2.32. The number of carbonyl (C=O) groups is 1. The maximum atomic E-state index is 13.7. The van der Waals surface area contributed by atoms with Crippen molar-refractivity contribution in [2.45, 2.75) is 6.61 Å². The zero-order valence-corrected chi connectivity index (χ0v) is 14.7. The van der Waals surface area contributed by atoms with Crippen molar-refractivity contribution in [3.8, 4) is 0 Å². The van der Waals surface area contributed by atoms with E-state index in [9.17, 15) is 28.5 Å². The van der Waals surface area contributed by atoms with Gasteiger partial charge < -0.3 is 10.2 Å². The first kappa shape index (κ1) is 19.7. The zero-order chi connectivity index (χ0) is 21.0. The fourth-order valence-corrected chi connectivity index (χ4v) is 2.43. The minimum Gasteiger partial charge on any atom is -0.406 e. The van der Waals surface area contributed by atoms with Gasteiger partial charge in [-0.15, -0.1) is 0 Å². The lowest BCUT2D eigenvalue weighted by molar-refractivity contribution is -0.387. The SMILES string of the molecule is O=C(Nc1ccc(F)c([N+](=O)[O-])c1)c1cccn(OCc2ccccc2F)c1=O. The predicted molar refractivity (Wildman–Crippen MR) is 98.4 cm³/mol. The number of nitro benzene ring substituents is 1. The van der Waals surface area contributed by atoms with E-state index in [0.717, 1.165) is 22.9 Å². The number of nitro groups is 1. The van der Waals surface area contributed by atoms with E-state index in [1.807, 2.05) is 0 Å². The molecule has 0 aliphatic carbocycles. The van der Waals surface area contributed by atoms with Gasteiger partial charge in [0.05, 0.1) is 4.92 Å². The van der Waals surface area contributed by atoms with Crippen LogP contribution in [-0.2, 0) is 6.61 Å². The predicted octanol–water partition coefficient (Wildman–Crippen LogP) is 2.92. The van der Waals surface area contributed by atoms with Gasteiger partial charge >= 0.3 is 5.69 Å². The molecule has 1 heterocycles. The van der Waals surface area contributed by atoms with E-state index in [4.69, 9.17) is 4.84 Å². The van der Waals surface area contributed by atoms with Gasteiger partial charge in [0.2, 0.25) is 5.82 Å². The first-order valence-corrected chi connectivity index (χ1v) is 8.20. The molecule has 1 N–H and O–H groups in total. The summed E-state index contributed by atoms with van der Waals surface area (Å²) >= 11 is 0. The van der Waals surface area contributed by atoms with Crippen molar-refractivity contribution in [3.05, 3.63) is 104 Å². The number of nitrogens with zero attached hydrogens (tertiary/aromatic N) is 2. The van der Waals surface area contributed by atoms with Crippen LogP contribution < -0.4 is 15.7 Å². The highest BCUT2D eigenvalue weighted by Crippen LogP contribution is 2.21. The Morgan fingerprint density at radius 2 is 1.86 bits per heavy atom. The number of halogens is 2. The van der Waals surface area contributed by atoms with Crippen molar-refractivity contribution < 1.29 is 23.3 Å². The van der Waals surface area contributed by atoms with Crippen LogP contribution in [0.25, 0.3) is 0 Å². The minimum atomic E-state index is -1.06. The molecule has 1 amide bonds. The Hall–Kier alpha value is -4.08. The number of hydrogen-bond acceptors (Lipinski definition) is 5. The van der Waals surface area contributed by atoms with Gasteiger partial charge in [-0.25, -0.2) is 4.39 Å². The standard InChI is InChI=1S/C19H13F2N3O5/c20-15-6-2-1-4-12(15)11-29-23-9-3-5-14(19(23)26)18(25)22-13-7-8-16(21)17(10-13)24(27)28/h1-10H,11H2,(H,22,25). The molecule has 29 heavy (non-hydrogen) atoms. The Morgan fingerprint density at radius 1 is 1.10 bits per heavy atom. The molecular weight excluding hydrogens is 388 g/mol. The Balaban J connectivity index is 1.79. The van der Waals surface area contributed by atoms with E-state index in [0.29, 0.717) is 0 Å². The smallest absolute Gasteiger partial charge is 0.306 e. The van der Waals surface area contributed by atoms with Crippen LogP contribution in [0.1, 0.15) is 15.9 Å². The number of anilines is 1. The Bertz CT molecular complexity index is 1150. The summed E-state index contributed by atoms with van der Waals surface area (Å²) in [5, 5.41) is 13.1. The number of rotatable bonds is 6. The number of pyridine rings is 1. The largest absolute Gasteiger partial charge is 0.406 e. The van der Waals surface area contributed by atoms with Crippen molar-refractivity contribution in [1.82, 2.24) is 4.73 Å². The Kier molecular flexibility index (Phi) is 5.63. The lowest BCUT2D eigenvalue weighted by Gasteiger charge is -2.10. The molecule has 0 aliphatic rings. The molecule has 10 heteroatoms. The summed E-state index contributed by atoms with van der Waals surface area (Å²) in [6, 6.07) is 11.2. The summed E-state index contributed by atoms with van der Waals surface area (Å²) in [5.41, 5.74) is -1.81. The number of aromatic nitrogens is 1. The second-order valence-corrected chi connectivity index (χ2v) is 5.80. The number of nitrogens with one attached hydrogen (secondary N) is 1. The van der Waals surface area contributed by atoms with Gasteiger partial charge in [-0.2, -0.15) is 9.12 Å². The van der Waals surface area contributed by atoms with Crippen molar-refractivity contribution in [2.75, 3.05) is 5.32 Å². The molecule has 3 rings (SSSR count). The highest BCUT2D eigenvalue weighted by Gasteiger charge is 2.18. The van der Waals surface area contributed by atoms with Gasteiger partial charge in [0.1, 0.15) is 18.0 Å². The van der Waals surface area contributed by atoms with Crippen molar-refractivity contribution in [3.63, 3.8) is 0 Å². The Morgan fingerprint density at radius 3 is 2.59 bits per heavy atom. The van der Waals surface area contributed by atoms with E-state index in [-0.39, 0.29) is 23.4 Å². The molecule has 8 nitrogen and oxygen atoms in total. The molecule has 0 bridgehead atoms. The first-order chi connectivity index (χ1) is 13.9. The van der Waals surface area contributed by atoms with Gasteiger partial charge in [-0.05, 0) is 30.3 Å². The van der Waals surface area contributed by atoms with Gasteiger partial charge in [-0.3, -0.25) is 19.7 Å². The number of carbonyl (C=O) groups excluding carboxylic acids is 1. The number of amides is 1. The van der Waals surface area contributed by atoms with Crippen molar-refractivity contribution in [2.24, 2.45) is 0 Å². The number of benzene rings is 2. The summed E-state index contributed by atoms with van der Waals surface area (Å²) in [7, 11) is 0. The van der Waals surface area contributed by atoms with Crippen LogP contribution in [0.15, 0.2) is 65.6 Å². The fraction of sp³-hybridized carbons (Fsp3) is 0.0526. The molecule has 2 aromatic carbocycles. The average molecular weight is 401 g/mol.